The summed E-state index contributed by atoms with van der Waals surface area (Å²) >= 11 is 0. The highest BCUT2D eigenvalue weighted by atomic mass is 16.1. The van der Waals surface area contributed by atoms with E-state index >= 15 is 0 Å². The van der Waals surface area contributed by atoms with Crippen LogP contribution in [0.15, 0.2) is 30.5 Å². The van der Waals surface area contributed by atoms with Crippen molar-refractivity contribution in [1.29, 1.82) is 0 Å². The van der Waals surface area contributed by atoms with E-state index in [1.54, 1.807) is 12.3 Å². The van der Waals surface area contributed by atoms with Gasteiger partial charge in [-0.25, -0.2) is 0 Å². The largest absolute Gasteiger partial charge is 0.361 e. The number of allylic oxidation sites excluding steroid dienone is 1. The SMILES string of the molecule is Cc1ccc(C)c(N/C=C/C(=O)C(C)(C)C)c1. The molecule has 0 heterocycles. The van der Waals surface area contributed by atoms with Crippen molar-refractivity contribution in [3.05, 3.63) is 41.6 Å². The zero-order chi connectivity index (χ0) is 13.1. The van der Waals surface area contributed by atoms with E-state index < -0.39 is 0 Å². The summed E-state index contributed by atoms with van der Waals surface area (Å²) in [5.41, 5.74) is 3.10. The average Bonchev–Trinajstić information content (AvgIpc) is 2.21. The van der Waals surface area contributed by atoms with Crippen LogP contribution in [0.2, 0.25) is 0 Å². The lowest BCUT2D eigenvalue weighted by atomic mass is 9.91. The summed E-state index contributed by atoms with van der Waals surface area (Å²) in [4.78, 5) is 11.7. The van der Waals surface area contributed by atoms with Crippen LogP contribution in [0.5, 0.6) is 0 Å². The number of carbonyl (C=O) groups is 1. The van der Waals surface area contributed by atoms with E-state index in [-0.39, 0.29) is 11.2 Å². The summed E-state index contributed by atoms with van der Waals surface area (Å²) in [5, 5.41) is 3.16. The van der Waals surface area contributed by atoms with Gasteiger partial charge in [0.1, 0.15) is 0 Å². The molecule has 1 aromatic carbocycles. The average molecular weight is 231 g/mol. The van der Waals surface area contributed by atoms with Crippen LogP contribution in [0, 0.1) is 19.3 Å². The molecule has 0 radical (unpaired) electrons. The second-order valence-corrected chi connectivity index (χ2v) is 5.41. The van der Waals surface area contributed by atoms with Gasteiger partial charge in [-0.05, 0) is 37.1 Å². The molecule has 0 aromatic heterocycles. The van der Waals surface area contributed by atoms with E-state index in [4.69, 9.17) is 0 Å². The molecule has 0 fully saturated rings. The molecule has 0 bridgehead atoms. The lowest BCUT2D eigenvalue weighted by molar-refractivity contribution is -0.121. The number of hydrogen-bond donors (Lipinski definition) is 1. The fourth-order valence-corrected chi connectivity index (χ4v) is 1.35. The minimum atomic E-state index is -0.320. The molecular weight excluding hydrogens is 210 g/mol. The molecule has 2 heteroatoms. The zero-order valence-electron chi connectivity index (χ0n) is 11.3. The third-order valence-electron chi connectivity index (χ3n) is 2.61. The van der Waals surface area contributed by atoms with Crippen molar-refractivity contribution in [2.45, 2.75) is 34.6 Å². The maximum atomic E-state index is 11.7. The summed E-state index contributed by atoms with van der Waals surface area (Å²) in [6, 6.07) is 6.21. The van der Waals surface area contributed by atoms with Crippen molar-refractivity contribution >= 4 is 11.5 Å². The maximum absolute atomic E-state index is 11.7. The quantitative estimate of drug-likeness (QED) is 0.801. The smallest absolute Gasteiger partial charge is 0.162 e. The molecule has 0 atom stereocenters. The van der Waals surface area contributed by atoms with Gasteiger partial charge < -0.3 is 5.32 Å². The number of rotatable bonds is 3. The van der Waals surface area contributed by atoms with Gasteiger partial charge in [0, 0.05) is 17.3 Å². The Hall–Kier alpha value is -1.57. The summed E-state index contributed by atoms with van der Waals surface area (Å²) in [7, 11) is 0. The minimum Gasteiger partial charge on any atom is -0.361 e. The van der Waals surface area contributed by atoms with Gasteiger partial charge in [-0.3, -0.25) is 4.79 Å². The normalized spacial score (nSPS) is 11.8. The molecule has 2 nitrogen and oxygen atoms in total. The highest BCUT2D eigenvalue weighted by Crippen LogP contribution is 2.17. The number of hydrogen-bond acceptors (Lipinski definition) is 2. The van der Waals surface area contributed by atoms with Gasteiger partial charge in [0.2, 0.25) is 0 Å². The van der Waals surface area contributed by atoms with Crippen LogP contribution in [-0.4, -0.2) is 5.78 Å². The molecule has 0 amide bonds. The number of aryl methyl sites for hydroxylation is 2. The lowest BCUT2D eigenvalue weighted by Gasteiger charge is -2.13. The van der Waals surface area contributed by atoms with Crippen molar-refractivity contribution in [1.82, 2.24) is 0 Å². The predicted octanol–water partition coefficient (Wildman–Crippen LogP) is 3.84. The summed E-state index contributed by atoms with van der Waals surface area (Å²) < 4.78 is 0. The molecule has 0 unspecified atom stereocenters. The first-order chi connectivity index (χ1) is 7.80. The van der Waals surface area contributed by atoms with Crippen LogP contribution in [0.25, 0.3) is 0 Å². The Morgan fingerprint density at radius 3 is 2.47 bits per heavy atom. The molecular formula is C15H21NO. The van der Waals surface area contributed by atoms with E-state index in [2.05, 4.69) is 30.4 Å². The van der Waals surface area contributed by atoms with E-state index in [1.165, 1.54) is 11.1 Å². The Balaban J connectivity index is 2.71. The Labute approximate surface area is 104 Å². The third-order valence-corrected chi connectivity index (χ3v) is 2.61. The topological polar surface area (TPSA) is 29.1 Å². The Kier molecular flexibility index (Phi) is 4.11. The fraction of sp³-hybridized carbons (Fsp3) is 0.400. The highest BCUT2D eigenvalue weighted by molar-refractivity contribution is 5.94. The van der Waals surface area contributed by atoms with Gasteiger partial charge in [-0.15, -0.1) is 0 Å². The van der Waals surface area contributed by atoms with E-state index in [9.17, 15) is 4.79 Å². The fourth-order valence-electron chi connectivity index (χ4n) is 1.35. The summed E-state index contributed by atoms with van der Waals surface area (Å²) in [6.45, 7) is 9.84. The molecule has 17 heavy (non-hydrogen) atoms. The van der Waals surface area contributed by atoms with Crippen molar-refractivity contribution < 1.29 is 4.79 Å². The van der Waals surface area contributed by atoms with Gasteiger partial charge in [-0.2, -0.15) is 0 Å². The Morgan fingerprint density at radius 2 is 1.88 bits per heavy atom. The first-order valence-corrected chi connectivity index (χ1v) is 5.85. The lowest BCUT2D eigenvalue weighted by Crippen LogP contribution is -2.17. The highest BCUT2D eigenvalue weighted by Gasteiger charge is 2.17. The van der Waals surface area contributed by atoms with Gasteiger partial charge >= 0.3 is 0 Å². The van der Waals surface area contributed by atoms with Crippen LogP contribution < -0.4 is 5.32 Å². The van der Waals surface area contributed by atoms with Crippen molar-refractivity contribution in [3.8, 4) is 0 Å². The van der Waals surface area contributed by atoms with E-state index in [0.29, 0.717) is 0 Å². The summed E-state index contributed by atoms with van der Waals surface area (Å²) in [5.74, 6) is 0.121. The molecule has 0 aliphatic carbocycles. The van der Waals surface area contributed by atoms with Gasteiger partial charge in [-0.1, -0.05) is 32.9 Å². The predicted molar refractivity (Wildman–Crippen MR) is 73.1 cm³/mol. The second-order valence-electron chi connectivity index (χ2n) is 5.41. The van der Waals surface area contributed by atoms with Crippen LogP contribution in [-0.2, 0) is 4.79 Å². The monoisotopic (exact) mass is 231 g/mol. The molecule has 1 N–H and O–H groups in total. The Bertz CT molecular complexity index is 439. The zero-order valence-corrected chi connectivity index (χ0v) is 11.3. The maximum Gasteiger partial charge on any atom is 0.162 e. The van der Waals surface area contributed by atoms with Crippen LogP contribution in [0.1, 0.15) is 31.9 Å². The molecule has 0 aliphatic heterocycles. The van der Waals surface area contributed by atoms with Gasteiger partial charge in [0.15, 0.2) is 5.78 Å². The number of benzene rings is 1. The van der Waals surface area contributed by atoms with Crippen molar-refractivity contribution in [3.63, 3.8) is 0 Å². The molecule has 0 aliphatic rings. The number of carbonyl (C=O) groups excluding carboxylic acids is 1. The first kappa shape index (κ1) is 13.5. The van der Waals surface area contributed by atoms with Crippen LogP contribution in [0.4, 0.5) is 5.69 Å². The first-order valence-electron chi connectivity index (χ1n) is 5.85. The van der Waals surface area contributed by atoms with Crippen LogP contribution in [0.3, 0.4) is 0 Å². The summed E-state index contributed by atoms with van der Waals surface area (Å²) in [6.07, 6.45) is 3.32. The molecule has 0 saturated heterocycles. The standard InChI is InChI=1S/C15H21NO/c1-11-6-7-12(2)13(10-11)16-9-8-14(17)15(3,4)5/h6-10,16H,1-5H3/b9-8+. The van der Waals surface area contributed by atoms with Crippen molar-refractivity contribution in [2.75, 3.05) is 5.32 Å². The number of anilines is 1. The second kappa shape index (κ2) is 5.17. The number of nitrogens with one attached hydrogen (secondary N) is 1. The minimum absolute atomic E-state index is 0.121. The molecule has 1 aromatic rings. The van der Waals surface area contributed by atoms with E-state index in [0.717, 1.165) is 5.69 Å². The molecule has 0 spiro atoms. The Morgan fingerprint density at radius 1 is 1.24 bits per heavy atom. The molecule has 0 saturated carbocycles. The third kappa shape index (κ3) is 4.06. The van der Waals surface area contributed by atoms with Crippen molar-refractivity contribution in [2.24, 2.45) is 5.41 Å². The molecule has 92 valence electrons. The number of ketones is 1. The molecule has 1 rings (SSSR count). The van der Waals surface area contributed by atoms with Crippen LogP contribution >= 0.6 is 0 Å². The van der Waals surface area contributed by atoms with Gasteiger partial charge in [0.25, 0.3) is 0 Å². The van der Waals surface area contributed by atoms with Gasteiger partial charge in [0.05, 0.1) is 0 Å². The van der Waals surface area contributed by atoms with E-state index in [1.807, 2.05) is 27.7 Å².